The van der Waals surface area contributed by atoms with Gasteiger partial charge in [0.1, 0.15) is 5.75 Å². The molecule has 160 valence electrons. The summed E-state index contributed by atoms with van der Waals surface area (Å²) < 4.78 is 5.25. The van der Waals surface area contributed by atoms with Gasteiger partial charge in [-0.3, -0.25) is 4.79 Å². The van der Waals surface area contributed by atoms with E-state index in [0.717, 1.165) is 31.6 Å². The minimum Gasteiger partial charge on any atom is -0.495 e. The number of carbonyl (C=O) groups excluding carboxylic acids is 2. The number of hydrogen-bond acceptors (Lipinski definition) is 4. The molecule has 0 aliphatic carbocycles. The molecule has 2 aromatic carbocycles. The average molecular weight is 431 g/mol. The quantitative estimate of drug-likeness (QED) is 0.620. The normalized spacial score (nSPS) is 14.7. The first-order valence-electron chi connectivity index (χ1n) is 10.0. The van der Waals surface area contributed by atoms with Gasteiger partial charge in [0.2, 0.25) is 5.91 Å². The average Bonchev–Trinajstić information content (AvgIpc) is 2.74. The summed E-state index contributed by atoms with van der Waals surface area (Å²) in [6, 6.07) is 14.4. The number of carbonyl (C=O) groups is 2. The van der Waals surface area contributed by atoms with Crippen LogP contribution in [-0.4, -0.2) is 49.6 Å². The van der Waals surface area contributed by atoms with Crippen molar-refractivity contribution in [1.29, 1.82) is 0 Å². The molecule has 1 saturated heterocycles. The monoisotopic (exact) mass is 430 g/mol. The summed E-state index contributed by atoms with van der Waals surface area (Å²) in [6.45, 7) is 2.34. The molecule has 1 fully saturated rings. The molecule has 0 radical (unpaired) electrons. The van der Waals surface area contributed by atoms with Crippen molar-refractivity contribution in [3.63, 3.8) is 0 Å². The van der Waals surface area contributed by atoms with Crippen molar-refractivity contribution in [2.24, 2.45) is 0 Å². The number of hydrogen-bond donors (Lipinski definition) is 3. The predicted molar refractivity (Wildman–Crippen MR) is 119 cm³/mol. The number of anilines is 2. The lowest BCUT2D eigenvalue weighted by atomic mass is 10.1. The second kappa shape index (κ2) is 10.8. The van der Waals surface area contributed by atoms with Crippen molar-refractivity contribution in [3.8, 4) is 5.75 Å². The smallest absolute Gasteiger partial charge is 0.319 e. The van der Waals surface area contributed by atoms with Gasteiger partial charge in [-0.05, 0) is 43.2 Å². The van der Waals surface area contributed by atoms with Gasteiger partial charge in [-0.2, -0.15) is 0 Å². The maximum Gasteiger partial charge on any atom is 0.319 e. The van der Waals surface area contributed by atoms with Crippen molar-refractivity contribution in [3.05, 3.63) is 53.6 Å². The molecule has 0 unspecified atom stereocenters. The maximum atomic E-state index is 12.3. The fraction of sp³-hybridized carbons (Fsp3) is 0.364. The Balaban J connectivity index is 1.37. The van der Waals surface area contributed by atoms with Gasteiger partial charge in [-0.15, -0.1) is 0 Å². The zero-order chi connectivity index (χ0) is 21.3. The number of para-hydroxylation sites is 1. The zero-order valence-corrected chi connectivity index (χ0v) is 17.7. The Kier molecular flexibility index (Phi) is 7.93. The number of nitrogens with zero attached hydrogens (tertiary/aromatic N) is 1. The van der Waals surface area contributed by atoms with Crippen molar-refractivity contribution < 1.29 is 14.3 Å². The molecule has 0 spiro atoms. The molecule has 30 heavy (non-hydrogen) atoms. The van der Waals surface area contributed by atoms with Crippen LogP contribution >= 0.6 is 11.6 Å². The van der Waals surface area contributed by atoms with E-state index in [1.54, 1.807) is 25.3 Å². The van der Waals surface area contributed by atoms with Gasteiger partial charge >= 0.3 is 6.03 Å². The molecule has 1 heterocycles. The summed E-state index contributed by atoms with van der Waals surface area (Å²) >= 11 is 6.00. The fourth-order valence-electron chi connectivity index (χ4n) is 3.43. The Morgan fingerprint density at radius 2 is 1.83 bits per heavy atom. The molecule has 7 nitrogen and oxygen atoms in total. The maximum absolute atomic E-state index is 12.3. The van der Waals surface area contributed by atoms with Gasteiger partial charge in [-0.1, -0.05) is 29.8 Å². The third kappa shape index (κ3) is 6.64. The van der Waals surface area contributed by atoms with Crippen LogP contribution < -0.4 is 20.7 Å². The predicted octanol–water partition coefficient (Wildman–Crippen LogP) is 3.96. The molecule has 3 N–H and O–H groups in total. The molecule has 1 aliphatic heterocycles. The van der Waals surface area contributed by atoms with Crippen LogP contribution in [0.15, 0.2) is 48.5 Å². The topological polar surface area (TPSA) is 82.7 Å². The molecule has 2 aromatic rings. The SMILES string of the molecule is COc1ccc(Cl)cc1NC(=O)CCN1CCC(NC(=O)Nc2ccccc2)CC1. The highest BCUT2D eigenvalue weighted by Crippen LogP contribution is 2.27. The first-order valence-corrected chi connectivity index (χ1v) is 10.4. The third-order valence-corrected chi connectivity index (χ3v) is 5.28. The first kappa shape index (κ1) is 21.9. The standard InChI is InChI=1S/C22H27ClN4O3/c1-30-20-8-7-16(23)15-19(20)26-21(28)11-14-27-12-9-18(10-13-27)25-22(29)24-17-5-3-2-4-6-17/h2-8,15,18H,9-14H2,1H3,(H,26,28)(H2,24,25,29). The molecule has 0 aromatic heterocycles. The Hall–Kier alpha value is -2.77. The lowest BCUT2D eigenvalue weighted by Crippen LogP contribution is -2.46. The molecule has 1 aliphatic rings. The van der Waals surface area contributed by atoms with E-state index in [-0.39, 0.29) is 18.0 Å². The number of benzene rings is 2. The largest absolute Gasteiger partial charge is 0.495 e. The van der Waals surface area contributed by atoms with E-state index in [1.807, 2.05) is 30.3 Å². The molecular weight excluding hydrogens is 404 g/mol. The summed E-state index contributed by atoms with van der Waals surface area (Å²) in [5, 5.41) is 9.26. The highest BCUT2D eigenvalue weighted by molar-refractivity contribution is 6.31. The van der Waals surface area contributed by atoms with Gasteiger partial charge in [0.25, 0.3) is 0 Å². The van der Waals surface area contributed by atoms with Crippen molar-refractivity contribution in [1.82, 2.24) is 10.2 Å². The van der Waals surface area contributed by atoms with E-state index < -0.39 is 0 Å². The minimum absolute atomic E-state index is 0.0851. The Bertz CT molecular complexity index is 855. The minimum atomic E-state index is -0.186. The van der Waals surface area contributed by atoms with E-state index >= 15 is 0 Å². The van der Waals surface area contributed by atoms with Gasteiger partial charge in [0.15, 0.2) is 0 Å². The summed E-state index contributed by atoms with van der Waals surface area (Å²) in [5.41, 5.74) is 1.34. The van der Waals surface area contributed by atoms with E-state index in [2.05, 4.69) is 20.9 Å². The summed E-state index contributed by atoms with van der Waals surface area (Å²) in [7, 11) is 1.55. The Morgan fingerprint density at radius 3 is 2.53 bits per heavy atom. The van der Waals surface area contributed by atoms with Gasteiger partial charge in [0.05, 0.1) is 12.8 Å². The second-order valence-electron chi connectivity index (χ2n) is 7.22. The van der Waals surface area contributed by atoms with E-state index in [9.17, 15) is 9.59 Å². The van der Waals surface area contributed by atoms with Gasteiger partial charge in [-0.25, -0.2) is 4.79 Å². The van der Waals surface area contributed by atoms with Crippen LogP contribution in [0.4, 0.5) is 16.2 Å². The van der Waals surface area contributed by atoms with Crippen molar-refractivity contribution in [2.45, 2.75) is 25.3 Å². The number of ether oxygens (including phenoxy) is 1. The van der Waals surface area contributed by atoms with Crippen molar-refractivity contribution in [2.75, 3.05) is 37.4 Å². The van der Waals surface area contributed by atoms with Crippen LogP contribution in [0.3, 0.4) is 0 Å². The second-order valence-corrected chi connectivity index (χ2v) is 7.66. The number of amides is 3. The van der Waals surface area contributed by atoms with Crippen LogP contribution in [0.5, 0.6) is 5.75 Å². The molecule has 0 bridgehead atoms. The van der Waals surface area contributed by atoms with Crippen LogP contribution in [0.1, 0.15) is 19.3 Å². The van der Waals surface area contributed by atoms with Crippen LogP contribution in [-0.2, 0) is 4.79 Å². The Labute approximate surface area is 181 Å². The number of urea groups is 1. The molecule has 3 rings (SSSR count). The van der Waals surface area contributed by atoms with Crippen LogP contribution in [0.25, 0.3) is 0 Å². The first-order chi connectivity index (χ1) is 14.5. The van der Waals surface area contributed by atoms with E-state index in [0.29, 0.717) is 29.4 Å². The number of halogens is 1. The molecule has 3 amide bonds. The summed E-state index contributed by atoms with van der Waals surface area (Å²) in [4.78, 5) is 26.7. The third-order valence-electron chi connectivity index (χ3n) is 5.05. The fourth-order valence-corrected chi connectivity index (χ4v) is 3.60. The number of rotatable bonds is 7. The van der Waals surface area contributed by atoms with Gasteiger partial charge in [0, 0.05) is 42.8 Å². The van der Waals surface area contributed by atoms with Gasteiger partial charge < -0.3 is 25.6 Å². The Morgan fingerprint density at radius 1 is 1.10 bits per heavy atom. The lowest BCUT2D eigenvalue weighted by molar-refractivity contribution is -0.116. The number of methoxy groups -OCH3 is 1. The number of nitrogens with one attached hydrogen (secondary N) is 3. The zero-order valence-electron chi connectivity index (χ0n) is 17.0. The van der Waals surface area contributed by atoms with Crippen LogP contribution in [0.2, 0.25) is 5.02 Å². The highest BCUT2D eigenvalue weighted by atomic mass is 35.5. The highest BCUT2D eigenvalue weighted by Gasteiger charge is 2.21. The van der Waals surface area contributed by atoms with Crippen LogP contribution in [0, 0.1) is 0 Å². The summed E-state index contributed by atoms with van der Waals surface area (Å²) in [6.07, 6.45) is 2.08. The molecule has 0 saturated carbocycles. The lowest BCUT2D eigenvalue weighted by Gasteiger charge is -2.32. The molecule has 8 heteroatoms. The molecular formula is C22H27ClN4O3. The number of piperidine rings is 1. The summed E-state index contributed by atoms with van der Waals surface area (Å²) in [5.74, 6) is 0.492. The number of likely N-dealkylation sites (tertiary alicyclic amines) is 1. The van der Waals surface area contributed by atoms with E-state index in [1.165, 1.54) is 0 Å². The van der Waals surface area contributed by atoms with E-state index in [4.69, 9.17) is 16.3 Å². The van der Waals surface area contributed by atoms with Crippen molar-refractivity contribution >= 4 is 34.9 Å². The molecule has 0 atom stereocenters.